The highest BCUT2D eigenvalue weighted by molar-refractivity contribution is 5.82. The van der Waals surface area contributed by atoms with E-state index in [2.05, 4.69) is 0 Å². The van der Waals surface area contributed by atoms with Crippen molar-refractivity contribution in [3.8, 4) is 0 Å². The van der Waals surface area contributed by atoms with Crippen molar-refractivity contribution in [2.75, 3.05) is 0 Å². The van der Waals surface area contributed by atoms with Gasteiger partial charge in [0.1, 0.15) is 5.69 Å². The lowest BCUT2D eigenvalue weighted by molar-refractivity contribution is -0.142. The Kier molecular flexibility index (Phi) is 2.66. The maximum atomic E-state index is 12.7. The second-order valence-electron chi connectivity index (χ2n) is 4.19. The van der Waals surface area contributed by atoms with Crippen LogP contribution in [0.15, 0.2) is 24.3 Å². The first-order valence-electron chi connectivity index (χ1n) is 5.23. The minimum atomic E-state index is -4.33. The van der Waals surface area contributed by atoms with Crippen LogP contribution >= 0.6 is 0 Å². The maximum Gasteiger partial charge on any atom is 0.431 e. The number of hydrogen-bond donors (Lipinski definition) is 1. The third-order valence-corrected chi connectivity index (χ3v) is 2.89. The van der Waals surface area contributed by atoms with Crippen LogP contribution in [0.25, 0.3) is 10.9 Å². The number of nitrogens with two attached hydrogens (primary N) is 1. The molecule has 1 aromatic heterocycles. The van der Waals surface area contributed by atoms with E-state index < -0.39 is 11.9 Å². The van der Waals surface area contributed by atoms with Gasteiger partial charge in [-0.2, -0.15) is 13.2 Å². The second-order valence-corrected chi connectivity index (χ2v) is 4.19. The normalized spacial score (nSPS) is 14.2. The van der Waals surface area contributed by atoms with Crippen LogP contribution in [0.4, 0.5) is 13.2 Å². The minimum Gasteiger partial charge on any atom is -0.340 e. The Hall–Kier alpha value is -1.49. The Morgan fingerprint density at radius 3 is 2.41 bits per heavy atom. The summed E-state index contributed by atoms with van der Waals surface area (Å²) in [7, 11) is 1.41. The first kappa shape index (κ1) is 12.0. The SMILES string of the molecule is CC(N)c1ccc2cc(C(F)(F)F)n(C)c2c1. The molecular formula is C12H13F3N2. The summed E-state index contributed by atoms with van der Waals surface area (Å²) in [5.41, 5.74) is 6.45. The highest BCUT2D eigenvalue weighted by atomic mass is 19.4. The van der Waals surface area contributed by atoms with E-state index in [1.165, 1.54) is 7.05 Å². The topological polar surface area (TPSA) is 30.9 Å². The Labute approximate surface area is 96.8 Å². The van der Waals surface area contributed by atoms with Gasteiger partial charge in [-0.05, 0) is 24.6 Å². The summed E-state index contributed by atoms with van der Waals surface area (Å²) in [6, 6.07) is 6.09. The summed E-state index contributed by atoms with van der Waals surface area (Å²) in [4.78, 5) is 0. The van der Waals surface area contributed by atoms with Gasteiger partial charge in [-0.25, -0.2) is 0 Å². The number of halogens is 3. The zero-order chi connectivity index (χ0) is 12.8. The van der Waals surface area contributed by atoms with Crippen LogP contribution in [-0.4, -0.2) is 4.57 Å². The molecule has 0 bridgehead atoms. The number of aromatic nitrogens is 1. The predicted octanol–water partition coefficient (Wildman–Crippen LogP) is 3.22. The molecule has 2 nitrogen and oxygen atoms in total. The van der Waals surface area contributed by atoms with Crippen LogP contribution in [-0.2, 0) is 13.2 Å². The van der Waals surface area contributed by atoms with E-state index in [1.807, 2.05) is 0 Å². The summed E-state index contributed by atoms with van der Waals surface area (Å²) in [5, 5.41) is 0.573. The summed E-state index contributed by atoms with van der Waals surface area (Å²) in [6.45, 7) is 1.80. The first-order chi connectivity index (χ1) is 7.80. The van der Waals surface area contributed by atoms with Gasteiger partial charge in [-0.3, -0.25) is 0 Å². The van der Waals surface area contributed by atoms with Crippen molar-refractivity contribution in [1.29, 1.82) is 0 Å². The average Bonchev–Trinajstić information content (AvgIpc) is 2.55. The van der Waals surface area contributed by atoms with Crippen LogP contribution in [0, 0.1) is 0 Å². The average molecular weight is 242 g/mol. The van der Waals surface area contributed by atoms with Crippen molar-refractivity contribution in [2.24, 2.45) is 12.8 Å². The second kappa shape index (κ2) is 3.77. The molecule has 0 spiro atoms. The van der Waals surface area contributed by atoms with Gasteiger partial charge in [0.25, 0.3) is 0 Å². The summed E-state index contributed by atoms with van der Waals surface area (Å²) < 4.78 is 39.3. The zero-order valence-electron chi connectivity index (χ0n) is 9.55. The summed E-state index contributed by atoms with van der Waals surface area (Å²) >= 11 is 0. The van der Waals surface area contributed by atoms with E-state index in [0.717, 1.165) is 16.2 Å². The largest absolute Gasteiger partial charge is 0.431 e. The molecule has 92 valence electrons. The molecule has 0 fully saturated rings. The van der Waals surface area contributed by atoms with E-state index in [4.69, 9.17) is 5.73 Å². The molecule has 0 aliphatic carbocycles. The van der Waals surface area contributed by atoms with Gasteiger partial charge in [0.15, 0.2) is 0 Å². The van der Waals surface area contributed by atoms with Gasteiger partial charge in [-0.1, -0.05) is 12.1 Å². The Morgan fingerprint density at radius 2 is 1.88 bits per heavy atom. The molecule has 1 heterocycles. The third-order valence-electron chi connectivity index (χ3n) is 2.89. The fourth-order valence-corrected chi connectivity index (χ4v) is 1.90. The Balaban J connectivity index is 2.67. The molecule has 1 atom stereocenters. The van der Waals surface area contributed by atoms with Crippen molar-refractivity contribution in [3.05, 3.63) is 35.5 Å². The smallest absolute Gasteiger partial charge is 0.340 e. The molecule has 1 aromatic carbocycles. The van der Waals surface area contributed by atoms with Crippen LogP contribution in [0.3, 0.4) is 0 Å². The van der Waals surface area contributed by atoms with Gasteiger partial charge in [-0.15, -0.1) is 0 Å². The Bertz CT molecular complexity index is 553. The first-order valence-corrected chi connectivity index (χ1v) is 5.23. The number of hydrogen-bond acceptors (Lipinski definition) is 1. The molecule has 2 aromatic rings. The number of benzene rings is 1. The van der Waals surface area contributed by atoms with Crippen LogP contribution in [0.5, 0.6) is 0 Å². The number of nitrogens with zero attached hydrogens (tertiary/aromatic N) is 1. The van der Waals surface area contributed by atoms with Crippen molar-refractivity contribution >= 4 is 10.9 Å². The standard InChI is InChI=1S/C12H13F3N2/c1-7(16)8-3-4-9-6-11(12(13,14)15)17(2)10(9)5-8/h3-7H,16H2,1-2H3. The van der Waals surface area contributed by atoms with Gasteiger partial charge >= 0.3 is 6.18 Å². The summed E-state index contributed by atoms with van der Waals surface area (Å²) in [6.07, 6.45) is -4.33. The highest BCUT2D eigenvalue weighted by Crippen LogP contribution is 2.33. The predicted molar refractivity (Wildman–Crippen MR) is 60.5 cm³/mol. The maximum absolute atomic E-state index is 12.7. The number of aryl methyl sites for hydroxylation is 1. The van der Waals surface area contributed by atoms with Crippen LogP contribution in [0.1, 0.15) is 24.2 Å². The van der Waals surface area contributed by atoms with Crippen molar-refractivity contribution < 1.29 is 13.2 Å². The molecule has 2 rings (SSSR count). The van der Waals surface area contributed by atoms with Crippen molar-refractivity contribution in [3.63, 3.8) is 0 Å². The Morgan fingerprint density at radius 1 is 1.24 bits per heavy atom. The van der Waals surface area contributed by atoms with E-state index in [-0.39, 0.29) is 6.04 Å². The zero-order valence-corrected chi connectivity index (χ0v) is 9.55. The number of alkyl halides is 3. The summed E-state index contributed by atoms with van der Waals surface area (Å²) in [5.74, 6) is 0. The lowest BCUT2D eigenvalue weighted by Gasteiger charge is -2.09. The van der Waals surface area contributed by atoms with Crippen molar-refractivity contribution in [1.82, 2.24) is 4.57 Å². The van der Waals surface area contributed by atoms with Gasteiger partial charge in [0.2, 0.25) is 0 Å². The van der Waals surface area contributed by atoms with E-state index >= 15 is 0 Å². The van der Waals surface area contributed by atoms with Crippen LogP contribution in [0.2, 0.25) is 0 Å². The molecule has 0 amide bonds. The molecule has 2 N–H and O–H groups in total. The van der Waals surface area contributed by atoms with Gasteiger partial charge in [0.05, 0.1) is 0 Å². The number of fused-ring (bicyclic) bond motifs is 1. The van der Waals surface area contributed by atoms with E-state index in [0.29, 0.717) is 10.9 Å². The lowest BCUT2D eigenvalue weighted by atomic mass is 10.1. The molecule has 0 saturated carbocycles. The molecule has 0 aliphatic heterocycles. The lowest BCUT2D eigenvalue weighted by Crippen LogP contribution is -2.10. The van der Waals surface area contributed by atoms with Gasteiger partial charge < -0.3 is 10.3 Å². The molecule has 0 radical (unpaired) electrons. The molecule has 5 heteroatoms. The molecule has 1 unspecified atom stereocenters. The van der Waals surface area contributed by atoms with Crippen LogP contribution < -0.4 is 5.73 Å². The quantitative estimate of drug-likeness (QED) is 0.817. The molecular weight excluding hydrogens is 229 g/mol. The molecule has 0 aliphatic rings. The minimum absolute atomic E-state index is 0.191. The third kappa shape index (κ3) is 2.02. The molecule has 17 heavy (non-hydrogen) atoms. The van der Waals surface area contributed by atoms with E-state index in [1.54, 1.807) is 25.1 Å². The number of rotatable bonds is 1. The van der Waals surface area contributed by atoms with Crippen molar-refractivity contribution in [2.45, 2.75) is 19.1 Å². The fourth-order valence-electron chi connectivity index (χ4n) is 1.90. The fraction of sp³-hybridized carbons (Fsp3) is 0.333. The monoisotopic (exact) mass is 242 g/mol. The molecule has 0 saturated heterocycles. The van der Waals surface area contributed by atoms with E-state index in [9.17, 15) is 13.2 Å². The van der Waals surface area contributed by atoms with Gasteiger partial charge in [0, 0.05) is 24.0 Å². The highest BCUT2D eigenvalue weighted by Gasteiger charge is 2.34.